The quantitative estimate of drug-likeness (QED) is 0.609. The Bertz CT molecular complexity index is 165. The summed E-state index contributed by atoms with van der Waals surface area (Å²) < 4.78 is 5.32. The molecule has 2 nitrogen and oxygen atoms in total. The molecule has 0 N–H and O–H groups in total. The molecule has 0 aromatic heterocycles. The van der Waals surface area contributed by atoms with E-state index < -0.39 is 5.60 Å². The summed E-state index contributed by atoms with van der Waals surface area (Å²) in [7, 11) is 1.64. The van der Waals surface area contributed by atoms with Crippen molar-refractivity contribution in [3.63, 3.8) is 0 Å². The average Bonchev–Trinajstić information content (AvgIpc) is 2.32. The molecule has 1 aliphatic carbocycles. The van der Waals surface area contributed by atoms with Crippen molar-refractivity contribution in [2.75, 3.05) is 7.11 Å². The molecule has 2 atom stereocenters. The van der Waals surface area contributed by atoms with Crippen molar-refractivity contribution in [2.45, 2.75) is 38.7 Å². The van der Waals surface area contributed by atoms with Crippen LogP contribution in [0.25, 0.3) is 0 Å². The predicted molar refractivity (Wildman–Crippen MR) is 43.4 cm³/mol. The third-order valence-electron chi connectivity index (χ3n) is 2.94. The van der Waals surface area contributed by atoms with Crippen LogP contribution >= 0.6 is 0 Å². The van der Waals surface area contributed by atoms with Crippen molar-refractivity contribution in [2.24, 2.45) is 5.92 Å². The molecule has 2 unspecified atom stereocenters. The molecule has 0 heterocycles. The SMILES string of the molecule is COC1(C(C)=O)CCCC1C. The van der Waals surface area contributed by atoms with Crippen LogP contribution in [0.3, 0.4) is 0 Å². The van der Waals surface area contributed by atoms with Gasteiger partial charge in [0, 0.05) is 7.11 Å². The topological polar surface area (TPSA) is 26.3 Å². The zero-order chi connectivity index (χ0) is 8.48. The molecular formula is C9H16O2. The Balaban J connectivity index is 2.82. The van der Waals surface area contributed by atoms with Crippen LogP contribution in [-0.2, 0) is 9.53 Å². The highest BCUT2D eigenvalue weighted by Crippen LogP contribution is 2.38. The van der Waals surface area contributed by atoms with Crippen molar-refractivity contribution in [1.82, 2.24) is 0 Å². The number of methoxy groups -OCH3 is 1. The highest BCUT2D eigenvalue weighted by atomic mass is 16.5. The molecular weight excluding hydrogens is 140 g/mol. The molecule has 0 amide bonds. The van der Waals surface area contributed by atoms with Crippen LogP contribution < -0.4 is 0 Å². The van der Waals surface area contributed by atoms with Gasteiger partial charge in [-0.15, -0.1) is 0 Å². The monoisotopic (exact) mass is 156 g/mol. The molecule has 0 bridgehead atoms. The molecule has 0 aromatic carbocycles. The number of hydrogen-bond acceptors (Lipinski definition) is 2. The van der Waals surface area contributed by atoms with Gasteiger partial charge in [-0.1, -0.05) is 6.92 Å². The van der Waals surface area contributed by atoms with Gasteiger partial charge in [0.2, 0.25) is 0 Å². The minimum Gasteiger partial charge on any atom is -0.370 e. The van der Waals surface area contributed by atoms with Crippen molar-refractivity contribution < 1.29 is 9.53 Å². The molecule has 11 heavy (non-hydrogen) atoms. The van der Waals surface area contributed by atoms with E-state index in [1.165, 1.54) is 0 Å². The van der Waals surface area contributed by atoms with Crippen molar-refractivity contribution in [3.05, 3.63) is 0 Å². The Hall–Kier alpha value is -0.370. The third kappa shape index (κ3) is 1.20. The van der Waals surface area contributed by atoms with E-state index in [9.17, 15) is 4.79 Å². The van der Waals surface area contributed by atoms with Crippen molar-refractivity contribution in [3.8, 4) is 0 Å². The van der Waals surface area contributed by atoms with Gasteiger partial charge in [0.1, 0.15) is 5.60 Å². The molecule has 1 rings (SSSR count). The van der Waals surface area contributed by atoms with Gasteiger partial charge in [-0.3, -0.25) is 4.79 Å². The van der Waals surface area contributed by atoms with E-state index in [4.69, 9.17) is 4.74 Å². The minimum absolute atomic E-state index is 0.185. The van der Waals surface area contributed by atoms with Gasteiger partial charge >= 0.3 is 0 Å². The van der Waals surface area contributed by atoms with Crippen molar-refractivity contribution in [1.29, 1.82) is 0 Å². The number of carbonyl (C=O) groups excluding carboxylic acids is 1. The third-order valence-corrected chi connectivity index (χ3v) is 2.94. The fourth-order valence-electron chi connectivity index (χ4n) is 2.12. The summed E-state index contributed by atoms with van der Waals surface area (Å²) in [4.78, 5) is 11.3. The molecule has 0 aromatic rings. The number of Topliss-reactive ketones (excluding diaryl/α,β-unsaturated/α-hetero) is 1. The molecule has 2 heteroatoms. The standard InChI is InChI=1S/C9H16O2/c1-7-5-4-6-9(7,11-3)8(2)10/h7H,4-6H2,1-3H3. The van der Waals surface area contributed by atoms with E-state index in [2.05, 4.69) is 6.92 Å². The minimum atomic E-state index is -0.444. The summed E-state index contributed by atoms with van der Waals surface area (Å²) in [6.07, 6.45) is 3.14. The van der Waals surface area contributed by atoms with Gasteiger partial charge in [0.15, 0.2) is 5.78 Å². The van der Waals surface area contributed by atoms with E-state index in [0.29, 0.717) is 5.92 Å². The molecule has 0 radical (unpaired) electrons. The summed E-state index contributed by atoms with van der Waals surface area (Å²) in [5.74, 6) is 0.579. The van der Waals surface area contributed by atoms with Gasteiger partial charge in [-0.2, -0.15) is 0 Å². The smallest absolute Gasteiger partial charge is 0.161 e. The first kappa shape index (κ1) is 8.72. The van der Waals surface area contributed by atoms with Gasteiger partial charge in [0.05, 0.1) is 0 Å². The van der Waals surface area contributed by atoms with E-state index in [1.807, 2.05) is 0 Å². The van der Waals surface area contributed by atoms with Crippen LogP contribution in [0.1, 0.15) is 33.1 Å². The summed E-state index contributed by atoms with van der Waals surface area (Å²) in [5, 5.41) is 0. The predicted octanol–water partition coefficient (Wildman–Crippen LogP) is 1.78. The lowest BCUT2D eigenvalue weighted by molar-refractivity contribution is -0.142. The first-order valence-corrected chi connectivity index (χ1v) is 4.19. The zero-order valence-electron chi connectivity index (χ0n) is 7.52. The first-order valence-electron chi connectivity index (χ1n) is 4.19. The zero-order valence-corrected chi connectivity index (χ0v) is 7.52. The van der Waals surface area contributed by atoms with E-state index >= 15 is 0 Å². The average molecular weight is 156 g/mol. The molecule has 1 saturated carbocycles. The maximum absolute atomic E-state index is 11.3. The van der Waals surface area contributed by atoms with Gasteiger partial charge in [-0.25, -0.2) is 0 Å². The summed E-state index contributed by atoms with van der Waals surface area (Å²) in [5.41, 5.74) is -0.444. The number of ketones is 1. The first-order chi connectivity index (χ1) is 5.13. The van der Waals surface area contributed by atoms with Gasteiger partial charge in [-0.05, 0) is 32.1 Å². The summed E-state index contributed by atoms with van der Waals surface area (Å²) >= 11 is 0. The van der Waals surface area contributed by atoms with Crippen LogP contribution in [0, 0.1) is 5.92 Å². The second kappa shape index (κ2) is 2.94. The largest absolute Gasteiger partial charge is 0.370 e. The van der Waals surface area contributed by atoms with Crippen LogP contribution in [0.15, 0.2) is 0 Å². The Morgan fingerprint density at radius 1 is 1.64 bits per heavy atom. The molecule has 0 aliphatic heterocycles. The van der Waals surface area contributed by atoms with Gasteiger partial charge in [0.25, 0.3) is 0 Å². The Morgan fingerprint density at radius 2 is 2.27 bits per heavy atom. The van der Waals surface area contributed by atoms with Crippen molar-refractivity contribution >= 4 is 5.78 Å². The number of ether oxygens (including phenoxy) is 1. The number of hydrogen-bond donors (Lipinski definition) is 0. The molecule has 64 valence electrons. The maximum atomic E-state index is 11.3. The van der Waals surface area contributed by atoms with E-state index in [0.717, 1.165) is 19.3 Å². The molecule has 1 fully saturated rings. The Labute approximate surface area is 67.9 Å². The highest BCUT2D eigenvalue weighted by Gasteiger charge is 2.44. The molecule has 1 aliphatic rings. The summed E-state index contributed by atoms with van der Waals surface area (Å²) in [6.45, 7) is 3.73. The molecule has 0 saturated heterocycles. The highest BCUT2D eigenvalue weighted by molar-refractivity contribution is 5.85. The van der Waals surface area contributed by atoms with Crippen LogP contribution in [-0.4, -0.2) is 18.5 Å². The maximum Gasteiger partial charge on any atom is 0.161 e. The number of carbonyl (C=O) groups is 1. The second-order valence-electron chi connectivity index (χ2n) is 3.44. The molecule has 0 spiro atoms. The normalized spacial score (nSPS) is 37.5. The fraction of sp³-hybridized carbons (Fsp3) is 0.889. The number of rotatable bonds is 2. The van der Waals surface area contributed by atoms with Crippen LogP contribution in [0.5, 0.6) is 0 Å². The van der Waals surface area contributed by atoms with E-state index in [1.54, 1.807) is 14.0 Å². The van der Waals surface area contributed by atoms with Gasteiger partial charge < -0.3 is 4.74 Å². The lowest BCUT2D eigenvalue weighted by Crippen LogP contribution is -2.41. The lowest BCUT2D eigenvalue weighted by Gasteiger charge is -2.29. The second-order valence-corrected chi connectivity index (χ2v) is 3.44. The lowest BCUT2D eigenvalue weighted by atomic mass is 9.88. The van der Waals surface area contributed by atoms with Crippen LogP contribution in [0.2, 0.25) is 0 Å². The Morgan fingerprint density at radius 3 is 2.45 bits per heavy atom. The Kier molecular flexibility index (Phi) is 2.33. The van der Waals surface area contributed by atoms with Crippen LogP contribution in [0.4, 0.5) is 0 Å². The summed E-state index contributed by atoms with van der Waals surface area (Å²) in [6, 6.07) is 0. The fourth-order valence-corrected chi connectivity index (χ4v) is 2.12. The van der Waals surface area contributed by atoms with E-state index in [-0.39, 0.29) is 5.78 Å².